The van der Waals surface area contributed by atoms with E-state index in [0.29, 0.717) is 35.9 Å². The van der Waals surface area contributed by atoms with Gasteiger partial charge < -0.3 is 19.7 Å². The fraction of sp³-hybridized carbons (Fsp3) is 0.250. The van der Waals surface area contributed by atoms with Crippen molar-refractivity contribution in [3.05, 3.63) is 84.4 Å². The first-order valence-electron chi connectivity index (χ1n) is 11.9. The fourth-order valence-electron chi connectivity index (χ4n) is 4.15. The van der Waals surface area contributed by atoms with Gasteiger partial charge in [-0.1, -0.05) is 30.3 Å². The minimum Gasteiger partial charge on any atom is -0.497 e. The minimum atomic E-state index is -0.911. The third-order valence-corrected chi connectivity index (χ3v) is 5.99. The van der Waals surface area contributed by atoms with Crippen LogP contribution in [0, 0.1) is 0 Å². The van der Waals surface area contributed by atoms with Crippen LogP contribution in [0.1, 0.15) is 18.9 Å². The van der Waals surface area contributed by atoms with Crippen LogP contribution in [-0.2, 0) is 16.0 Å². The molecule has 0 aromatic heterocycles. The van der Waals surface area contributed by atoms with Gasteiger partial charge in [-0.2, -0.15) is 0 Å². The van der Waals surface area contributed by atoms with E-state index in [1.54, 1.807) is 55.6 Å². The summed E-state index contributed by atoms with van der Waals surface area (Å²) in [6, 6.07) is 22.1. The molecule has 1 atom stereocenters. The van der Waals surface area contributed by atoms with Gasteiger partial charge in [0.1, 0.15) is 17.5 Å². The van der Waals surface area contributed by atoms with Gasteiger partial charge in [0.2, 0.25) is 5.91 Å². The molecule has 36 heavy (non-hydrogen) atoms. The van der Waals surface area contributed by atoms with E-state index in [9.17, 15) is 14.4 Å². The zero-order valence-electron chi connectivity index (χ0n) is 20.3. The number of carbonyl (C=O) groups excluding carboxylic acids is 3. The summed E-state index contributed by atoms with van der Waals surface area (Å²) >= 11 is 0. The van der Waals surface area contributed by atoms with Crippen LogP contribution in [0.15, 0.2) is 78.9 Å². The maximum Gasteiger partial charge on any atom is 0.322 e. The quantitative estimate of drug-likeness (QED) is 0.449. The number of urea groups is 1. The van der Waals surface area contributed by atoms with E-state index in [1.165, 1.54) is 4.90 Å². The number of nitrogens with one attached hydrogen (secondary N) is 1. The van der Waals surface area contributed by atoms with Crippen molar-refractivity contribution in [2.24, 2.45) is 0 Å². The largest absolute Gasteiger partial charge is 0.497 e. The van der Waals surface area contributed by atoms with Gasteiger partial charge in [-0.25, -0.2) is 9.69 Å². The van der Waals surface area contributed by atoms with E-state index >= 15 is 0 Å². The van der Waals surface area contributed by atoms with Crippen molar-refractivity contribution >= 4 is 29.2 Å². The highest BCUT2D eigenvalue weighted by atomic mass is 16.5. The van der Waals surface area contributed by atoms with Crippen molar-refractivity contribution in [2.45, 2.75) is 25.8 Å². The number of carbonyl (C=O) groups is 3. The van der Waals surface area contributed by atoms with Crippen molar-refractivity contribution in [2.75, 3.05) is 30.5 Å². The Bertz CT molecular complexity index is 1200. The lowest BCUT2D eigenvalue weighted by atomic mass is 10.1. The summed E-state index contributed by atoms with van der Waals surface area (Å²) in [6.45, 7) is 2.67. The molecule has 1 aliphatic rings. The van der Waals surface area contributed by atoms with Crippen LogP contribution >= 0.6 is 0 Å². The van der Waals surface area contributed by atoms with E-state index in [2.05, 4.69) is 5.32 Å². The second kappa shape index (κ2) is 11.4. The Hall–Kier alpha value is -4.33. The molecule has 0 aliphatic carbocycles. The summed E-state index contributed by atoms with van der Waals surface area (Å²) in [7, 11) is 1.57. The van der Waals surface area contributed by atoms with E-state index in [-0.39, 0.29) is 18.9 Å². The smallest absolute Gasteiger partial charge is 0.322 e. The number of amides is 4. The molecular weight excluding hydrogens is 458 g/mol. The lowest BCUT2D eigenvalue weighted by molar-refractivity contribution is -0.122. The van der Waals surface area contributed by atoms with Crippen molar-refractivity contribution in [1.29, 1.82) is 0 Å². The molecule has 3 aromatic carbocycles. The Labute approximate surface area is 210 Å². The monoisotopic (exact) mass is 487 g/mol. The molecule has 8 nitrogen and oxygen atoms in total. The molecule has 1 fully saturated rings. The average molecular weight is 488 g/mol. The normalized spacial score (nSPS) is 15.1. The Kier molecular flexibility index (Phi) is 7.85. The third kappa shape index (κ3) is 5.66. The number of hydrogen-bond acceptors (Lipinski definition) is 5. The van der Waals surface area contributed by atoms with Crippen molar-refractivity contribution in [3.63, 3.8) is 0 Å². The highest BCUT2D eigenvalue weighted by Crippen LogP contribution is 2.28. The molecule has 1 saturated heterocycles. The van der Waals surface area contributed by atoms with Crippen LogP contribution in [0.3, 0.4) is 0 Å². The van der Waals surface area contributed by atoms with Gasteiger partial charge in [-0.3, -0.25) is 9.59 Å². The minimum absolute atomic E-state index is 0.0864. The standard InChI is InChI=1S/C28H29N3O5/c1-3-36-24-15-11-22(12-16-24)31-26(32)19-25(27(31)33)30(18-17-20-7-5-4-6-8-20)28(34)29-21-9-13-23(35-2)14-10-21/h4-16,25H,3,17-19H2,1-2H3,(H,29,34)/t25-/m1/s1. The summed E-state index contributed by atoms with van der Waals surface area (Å²) in [6.07, 6.45) is 0.453. The van der Waals surface area contributed by atoms with Crippen molar-refractivity contribution < 1.29 is 23.9 Å². The molecule has 0 bridgehead atoms. The van der Waals surface area contributed by atoms with Crippen LogP contribution in [0.5, 0.6) is 11.5 Å². The first kappa shape index (κ1) is 24.8. The van der Waals surface area contributed by atoms with E-state index < -0.39 is 18.0 Å². The summed E-state index contributed by atoms with van der Waals surface area (Å²) in [4.78, 5) is 42.4. The highest BCUT2D eigenvalue weighted by molar-refractivity contribution is 6.23. The van der Waals surface area contributed by atoms with Crippen molar-refractivity contribution in [1.82, 2.24) is 4.90 Å². The third-order valence-electron chi connectivity index (χ3n) is 5.99. The molecule has 186 valence electrons. The van der Waals surface area contributed by atoms with E-state index in [1.807, 2.05) is 37.3 Å². The Morgan fingerprint density at radius 3 is 2.28 bits per heavy atom. The number of anilines is 2. The molecule has 1 aliphatic heterocycles. The first-order valence-corrected chi connectivity index (χ1v) is 11.9. The van der Waals surface area contributed by atoms with E-state index in [4.69, 9.17) is 9.47 Å². The predicted octanol–water partition coefficient (Wildman–Crippen LogP) is 4.50. The maximum atomic E-state index is 13.5. The SMILES string of the molecule is CCOc1ccc(N2C(=O)C[C@@H](N(CCc3ccccc3)C(=O)Nc3ccc(OC)cc3)C2=O)cc1. The van der Waals surface area contributed by atoms with Gasteiger partial charge in [-0.05, 0) is 67.4 Å². The van der Waals surface area contributed by atoms with Gasteiger partial charge in [-0.15, -0.1) is 0 Å². The van der Waals surface area contributed by atoms with Gasteiger partial charge in [0, 0.05) is 12.2 Å². The summed E-state index contributed by atoms with van der Waals surface area (Å²) < 4.78 is 10.6. The van der Waals surface area contributed by atoms with Crippen LogP contribution in [-0.4, -0.2) is 49.0 Å². The molecule has 0 saturated carbocycles. The average Bonchev–Trinajstić information content (AvgIpc) is 3.19. The highest BCUT2D eigenvalue weighted by Gasteiger charge is 2.44. The fourth-order valence-corrected chi connectivity index (χ4v) is 4.15. The zero-order chi connectivity index (χ0) is 25.5. The molecule has 4 rings (SSSR count). The van der Waals surface area contributed by atoms with Crippen molar-refractivity contribution in [3.8, 4) is 11.5 Å². The Balaban J connectivity index is 1.55. The summed E-state index contributed by atoms with van der Waals surface area (Å²) in [5.74, 6) is 0.537. The first-order chi connectivity index (χ1) is 17.5. The number of rotatable bonds is 9. The number of ether oxygens (including phenoxy) is 2. The second-order valence-corrected chi connectivity index (χ2v) is 8.30. The topological polar surface area (TPSA) is 88.2 Å². The van der Waals surface area contributed by atoms with Gasteiger partial charge in [0.25, 0.3) is 5.91 Å². The molecule has 0 radical (unpaired) electrons. The molecule has 1 N–H and O–H groups in total. The van der Waals surface area contributed by atoms with Gasteiger partial charge >= 0.3 is 6.03 Å². The van der Waals surface area contributed by atoms with Crippen LogP contribution in [0.25, 0.3) is 0 Å². The van der Waals surface area contributed by atoms with Crippen LogP contribution in [0.4, 0.5) is 16.2 Å². The van der Waals surface area contributed by atoms with Gasteiger partial charge in [0.05, 0.1) is 25.8 Å². The summed E-state index contributed by atoms with van der Waals surface area (Å²) in [5.41, 5.74) is 2.04. The molecule has 3 aromatic rings. The van der Waals surface area contributed by atoms with Gasteiger partial charge in [0.15, 0.2) is 0 Å². The van der Waals surface area contributed by atoms with Crippen LogP contribution < -0.4 is 19.7 Å². The molecule has 0 unspecified atom stereocenters. The predicted molar refractivity (Wildman–Crippen MR) is 137 cm³/mol. The van der Waals surface area contributed by atoms with E-state index in [0.717, 1.165) is 10.5 Å². The molecule has 4 amide bonds. The summed E-state index contributed by atoms with van der Waals surface area (Å²) in [5, 5.41) is 2.85. The number of imide groups is 1. The number of nitrogens with zero attached hydrogens (tertiary/aromatic N) is 2. The Morgan fingerprint density at radius 2 is 1.64 bits per heavy atom. The number of benzene rings is 3. The zero-order valence-corrected chi connectivity index (χ0v) is 20.3. The lowest BCUT2D eigenvalue weighted by Crippen LogP contribution is -2.48. The second-order valence-electron chi connectivity index (χ2n) is 8.30. The maximum absolute atomic E-state index is 13.5. The molecule has 8 heteroatoms. The van der Waals surface area contributed by atoms with Crippen LogP contribution in [0.2, 0.25) is 0 Å². The number of hydrogen-bond donors (Lipinski definition) is 1. The molecule has 1 heterocycles. The Morgan fingerprint density at radius 1 is 0.972 bits per heavy atom. The lowest BCUT2D eigenvalue weighted by Gasteiger charge is -2.28. The molecular formula is C28H29N3O5. The number of methoxy groups -OCH3 is 1. The molecule has 0 spiro atoms.